The Morgan fingerprint density at radius 1 is 1.47 bits per heavy atom. The topological polar surface area (TPSA) is 87.0 Å². The van der Waals surface area contributed by atoms with Crippen LogP contribution in [0.2, 0.25) is 5.02 Å². The smallest absolute Gasteiger partial charge is 0.271 e. The molecule has 88 valence electrons. The molecule has 0 saturated carbocycles. The molecule has 7 heteroatoms. The van der Waals surface area contributed by atoms with E-state index in [1.165, 1.54) is 22.9 Å². The van der Waals surface area contributed by atoms with Crippen LogP contribution in [0.25, 0.3) is 5.69 Å². The maximum absolute atomic E-state index is 10.7. The highest BCUT2D eigenvalue weighted by Gasteiger charge is 2.11. The predicted octanol–water partition coefficient (Wildman–Crippen LogP) is 1.89. The van der Waals surface area contributed by atoms with Crippen molar-refractivity contribution in [1.82, 2.24) is 9.78 Å². The Bertz CT molecular complexity index is 567. The summed E-state index contributed by atoms with van der Waals surface area (Å²) in [4.78, 5) is 10.2. The van der Waals surface area contributed by atoms with E-state index in [0.717, 1.165) is 0 Å². The zero-order chi connectivity index (χ0) is 12.4. The van der Waals surface area contributed by atoms with Crippen molar-refractivity contribution >= 4 is 17.3 Å². The summed E-state index contributed by atoms with van der Waals surface area (Å²) in [6.45, 7) is 0.305. The van der Waals surface area contributed by atoms with Gasteiger partial charge in [-0.2, -0.15) is 5.10 Å². The lowest BCUT2D eigenvalue weighted by Crippen LogP contribution is -2.01. The summed E-state index contributed by atoms with van der Waals surface area (Å²) in [5.74, 6) is 0. The van der Waals surface area contributed by atoms with Crippen molar-refractivity contribution in [3.63, 3.8) is 0 Å². The van der Waals surface area contributed by atoms with Gasteiger partial charge in [0.25, 0.3) is 5.69 Å². The van der Waals surface area contributed by atoms with Gasteiger partial charge in [0, 0.05) is 24.9 Å². The van der Waals surface area contributed by atoms with Gasteiger partial charge in [0.05, 0.1) is 21.3 Å². The first-order chi connectivity index (χ1) is 8.11. The van der Waals surface area contributed by atoms with E-state index in [1.807, 2.05) is 0 Å². The van der Waals surface area contributed by atoms with Crippen molar-refractivity contribution in [3.8, 4) is 5.69 Å². The molecule has 6 nitrogen and oxygen atoms in total. The lowest BCUT2D eigenvalue weighted by atomic mass is 10.3. The molecule has 1 aromatic carbocycles. The number of hydrogen-bond donors (Lipinski definition) is 1. The van der Waals surface area contributed by atoms with Gasteiger partial charge in [-0.3, -0.25) is 10.1 Å². The molecule has 2 N–H and O–H groups in total. The second-order valence-corrected chi connectivity index (χ2v) is 3.76. The molecule has 2 aromatic rings. The van der Waals surface area contributed by atoms with Gasteiger partial charge in [-0.25, -0.2) is 4.68 Å². The van der Waals surface area contributed by atoms with Gasteiger partial charge < -0.3 is 5.73 Å². The zero-order valence-corrected chi connectivity index (χ0v) is 9.46. The van der Waals surface area contributed by atoms with Crippen LogP contribution in [-0.2, 0) is 6.54 Å². The third kappa shape index (κ3) is 2.27. The van der Waals surface area contributed by atoms with Crippen LogP contribution in [0.5, 0.6) is 0 Å². The summed E-state index contributed by atoms with van der Waals surface area (Å²) in [6.07, 6.45) is 1.66. The highest BCUT2D eigenvalue weighted by Crippen LogP contribution is 2.25. The second kappa shape index (κ2) is 4.52. The molecule has 17 heavy (non-hydrogen) atoms. The molecule has 0 unspecified atom stereocenters. The van der Waals surface area contributed by atoms with Crippen LogP contribution in [0.4, 0.5) is 5.69 Å². The van der Waals surface area contributed by atoms with Crippen LogP contribution >= 0.6 is 11.6 Å². The van der Waals surface area contributed by atoms with Crippen LogP contribution in [0.1, 0.15) is 5.69 Å². The minimum Gasteiger partial charge on any atom is -0.325 e. The minimum absolute atomic E-state index is 0.0331. The van der Waals surface area contributed by atoms with E-state index in [0.29, 0.717) is 22.9 Å². The molecule has 1 aromatic heterocycles. The molecule has 0 radical (unpaired) electrons. The highest BCUT2D eigenvalue weighted by atomic mass is 35.5. The molecule has 0 atom stereocenters. The normalized spacial score (nSPS) is 10.5. The molecule has 0 fully saturated rings. The third-order valence-electron chi connectivity index (χ3n) is 2.24. The first-order valence-corrected chi connectivity index (χ1v) is 5.18. The number of non-ortho nitro benzene ring substituents is 1. The van der Waals surface area contributed by atoms with E-state index >= 15 is 0 Å². The number of halogens is 1. The first-order valence-electron chi connectivity index (χ1n) is 4.80. The Morgan fingerprint density at radius 3 is 2.82 bits per heavy atom. The minimum atomic E-state index is -0.479. The maximum atomic E-state index is 10.7. The Labute approximate surface area is 102 Å². The molecule has 0 aliphatic heterocycles. The van der Waals surface area contributed by atoms with Gasteiger partial charge in [0.2, 0.25) is 0 Å². The molecule has 0 bridgehead atoms. The number of aromatic nitrogens is 2. The van der Waals surface area contributed by atoms with Gasteiger partial charge in [0.15, 0.2) is 0 Å². The number of nitro benzene ring substituents is 1. The van der Waals surface area contributed by atoms with Gasteiger partial charge in [-0.15, -0.1) is 0 Å². The molecule has 0 aliphatic rings. The van der Waals surface area contributed by atoms with Crippen molar-refractivity contribution < 1.29 is 4.92 Å². The number of nitrogens with two attached hydrogens (primary N) is 1. The Hall–Kier alpha value is -1.92. The van der Waals surface area contributed by atoms with Gasteiger partial charge in [-0.05, 0) is 12.1 Å². The maximum Gasteiger partial charge on any atom is 0.271 e. The quantitative estimate of drug-likeness (QED) is 0.667. The van der Waals surface area contributed by atoms with Crippen LogP contribution in [0.15, 0.2) is 30.5 Å². The third-order valence-corrected chi connectivity index (χ3v) is 2.56. The monoisotopic (exact) mass is 252 g/mol. The lowest BCUT2D eigenvalue weighted by Gasteiger charge is -2.03. The standard InChI is InChI=1S/C10H9ClN4O2/c11-9-2-1-8(15(16)17)5-10(9)14-4-3-7(6-12)13-14/h1-5H,6,12H2. The largest absolute Gasteiger partial charge is 0.325 e. The molecule has 0 amide bonds. The van der Waals surface area contributed by atoms with E-state index in [-0.39, 0.29) is 5.69 Å². The Kier molecular flexibility index (Phi) is 3.08. The number of hydrogen-bond acceptors (Lipinski definition) is 4. The Balaban J connectivity index is 2.49. The fraction of sp³-hybridized carbons (Fsp3) is 0.100. The first kappa shape index (κ1) is 11.6. The summed E-state index contributed by atoms with van der Waals surface area (Å²) in [5, 5.41) is 15.2. The van der Waals surface area contributed by atoms with Crippen molar-refractivity contribution in [2.24, 2.45) is 5.73 Å². The summed E-state index contributed by atoms with van der Waals surface area (Å²) in [5.41, 5.74) is 6.55. The molecular weight excluding hydrogens is 244 g/mol. The second-order valence-electron chi connectivity index (χ2n) is 3.35. The van der Waals surface area contributed by atoms with E-state index in [9.17, 15) is 10.1 Å². The Morgan fingerprint density at radius 2 is 2.24 bits per heavy atom. The average Bonchev–Trinajstić information content (AvgIpc) is 2.77. The highest BCUT2D eigenvalue weighted by molar-refractivity contribution is 6.32. The van der Waals surface area contributed by atoms with E-state index in [1.54, 1.807) is 12.3 Å². The molecule has 1 heterocycles. The van der Waals surface area contributed by atoms with Crippen LogP contribution in [-0.4, -0.2) is 14.7 Å². The van der Waals surface area contributed by atoms with Crippen molar-refractivity contribution in [2.75, 3.05) is 0 Å². The molecule has 2 rings (SSSR count). The number of nitro groups is 1. The predicted molar refractivity (Wildman–Crippen MR) is 63.1 cm³/mol. The van der Waals surface area contributed by atoms with Gasteiger partial charge >= 0.3 is 0 Å². The summed E-state index contributed by atoms with van der Waals surface area (Å²) >= 11 is 5.97. The summed E-state index contributed by atoms with van der Waals surface area (Å²) < 4.78 is 1.47. The van der Waals surface area contributed by atoms with Crippen LogP contribution < -0.4 is 5.73 Å². The van der Waals surface area contributed by atoms with Crippen molar-refractivity contribution in [2.45, 2.75) is 6.54 Å². The fourth-order valence-electron chi connectivity index (χ4n) is 1.39. The molecule has 0 saturated heterocycles. The lowest BCUT2D eigenvalue weighted by molar-refractivity contribution is -0.384. The van der Waals surface area contributed by atoms with Crippen molar-refractivity contribution in [3.05, 3.63) is 51.3 Å². The summed E-state index contributed by atoms with van der Waals surface area (Å²) in [6, 6.07) is 5.92. The number of rotatable bonds is 3. The molecule has 0 spiro atoms. The molecular formula is C10H9ClN4O2. The van der Waals surface area contributed by atoms with Crippen molar-refractivity contribution in [1.29, 1.82) is 0 Å². The number of nitrogens with zero attached hydrogens (tertiary/aromatic N) is 3. The number of benzene rings is 1. The van der Waals surface area contributed by atoms with E-state index < -0.39 is 4.92 Å². The van der Waals surface area contributed by atoms with E-state index in [4.69, 9.17) is 17.3 Å². The van der Waals surface area contributed by atoms with E-state index in [2.05, 4.69) is 5.10 Å². The SMILES string of the molecule is NCc1ccn(-c2cc([N+](=O)[O-])ccc2Cl)n1. The van der Waals surface area contributed by atoms with Crippen LogP contribution in [0.3, 0.4) is 0 Å². The summed E-state index contributed by atoms with van der Waals surface area (Å²) in [7, 11) is 0. The van der Waals surface area contributed by atoms with Crippen LogP contribution in [0, 0.1) is 10.1 Å². The molecule has 0 aliphatic carbocycles. The zero-order valence-electron chi connectivity index (χ0n) is 8.71. The average molecular weight is 253 g/mol. The fourth-order valence-corrected chi connectivity index (χ4v) is 1.60. The van der Waals surface area contributed by atoms with Gasteiger partial charge in [0.1, 0.15) is 0 Å². The van der Waals surface area contributed by atoms with Gasteiger partial charge in [-0.1, -0.05) is 11.6 Å².